The first-order chi connectivity index (χ1) is 11.4. The Morgan fingerprint density at radius 3 is 2.58 bits per heavy atom. The molecule has 0 saturated carbocycles. The van der Waals surface area contributed by atoms with Crippen molar-refractivity contribution in [1.29, 1.82) is 0 Å². The molecule has 3 rings (SSSR count). The Labute approximate surface area is 135 Å². The number of ether oxygens (including phenoxy) is 1. The molecule has 0 N–H and O–H groups in total. The molecule has 3 aromatic rings. The van der Waals surface area contributed by atoms with Crippen LogP contribution in [-0.2, 0) is 6.54 Å². The average molecular weight is 334 g/mol. The van der Waals surface area contributed by atoms with Crippen molar-refractivity contribution in [3.8, 4) is 16.9 Å². The monoisotopic (exact) mass is 334 g/mol. The van der Waals surface area contributed by atoms with Crippen LogP contribution < -0.4 is 10.3 Å². The van der Waals surface area contributed by atoms with Gasteiger partial charge in [-0.3, -0.25) is 4.79 Å². The van der Waals surface area contributed by atoms with Crippen molar-refractivity contribution < 1.29 is 17.9 Å². The highest BCUT2D eigenvalue weighted by Crippen LogP contribution is 2.29. The summed E-state index contributed by atoms with van der Waals surface area (Å²) in [7, 11) is 0. The van der Waals surface area contributed by atoms with Crippen molar-refractivity contribution in [2.45, 2.75) is 19.8 Å². The highest BCUT2D eigenvalue weighted by atomic mass is 19.4. The van der Waals surface area contributed by atoms with Crippen molar-refractivity contribution in [1.82, 2.24) is 9.55 Å². The number of halogens is 3. The lowest BCUT2D eigenvalue weighted by molar-refractivity contribution is -0.274. The van der Waals surface area contributed by atoms with E-state index >= 15 is 0 Å². The third kappa shape index (κ3) is 3.24. The van der Waals surface area contributed by atoms with Gasteiger partial charge in [0, 0.05) is 6.54 Å². The SMILES string of the molecule is CCn1c(=O)cnc2ccc(-c3cccc(OC(F)(F)F)c3)cc21. The number of nitrogens with zero attached hydrogens (tertiary/aromatic N) is 2. The van der Waals surface area contributed by atoms with Crippen LogP contribution in [0.4, 0.5) is 13.2 Å². The number of aromatic nitrogens is 2. The van der Waals surface area contributed by atoms with Crippen LogP contribution >= 0.6 is 0 Å². The molecule has 0 radical (unpaired) electrons. The fraction of sp³-hybridized carbons (Fsp3) is 0.176. The highest BCUT2D eigenvalue weighted by molar-refractivity contribution is 5.81. The van der Waals surface area contributed by atoms with E-state index in [0.29, 0.717) is 28.7 Å². The lowest BCUT2D eigenvalue weighted by Crippen LogP contribution is -2.19. The summed E-state index contributed by atoms with van der Waals surface area (Å²) in [5, 5.41) is 0. The summed E-state index contributed by atoms with van der Waals surface area (Å²) in [5.41, 5.74) is 2.27. The summed E-state index contributed by atoms with van der Waals surface area (Å²) in [5.74, 6) is -0.292. The lowest BCUT2D eigenvalue weighted by Gasteiger charge is -2.11. The topological polar surface area (TPSA) is 44.1 Å². The van der Waals surface area contributed by atoms with Crippen molar-refractivity contribution in [3.63, 3.8) is 0 Å². The van der Waals surface area contributed by atoms with Crippen LogP contribution in [0.2, 0.25) is 0 Å². The normalized spacial score (nSPS) is 11.7. The van der Waals surface area contributed by atoms with Crippen molar-refractivity contribution in [2.75, 3.05) is 0 Å². The summed E-state index contributed by atoms with van der Waals surface area (Å²) in [6.45, 7) is 2.31. The van der Waals surface area contributed by atoms with Crippen molar-refractivity contribution in [2.24, 2.45) is 0 Å². The molecule has 0 saturated heterocycles. The zero-order chi connectivity index (χ0) is 17.3. The number of hydrogen-bond acceptors (Lipinski definition) is 3. The van der Waals surface area contributed by atoms with E-state index in [9.17, 15) is 18.0 Å². The molecule has 1 heterocycles. The standard InChI is InChI=1S/C17H13F3N2O2/c1-2-22-15-9-12(6-7-14(15)21-10-16(22)23)11-4-3-5-13(8-11)24-17(18,19)20/h3-10H,2H2,1H3. The van der Waals surface area contributed by atoms with E-state index in [1.165, 1.54) is 24.4 Å². The molecule has 2 aromatic carbocycles. The van der Waals surface area contributed by atoms with Gasteiger partial charge in [0.05, 0.1) is 17.2 Å². The Hall–Kier alpha value is -2.83. The second-order valence-electron chi connectivity index (χ2n) is 5.12. The first-order valence-electron chi connectivity index (χ1n) is 7.23. The van der Waals surface area contributed by atoms with Gasteiger partial charge in [-0.25, -0.2) is 4.98 Å². The fourth-order valence-electron chi connectivity index (χ4n) is 2.54. The van der Waals surface area contributed by atoms with E-state index in [1.54, 1.807) is 28.8 Å². The smallest absolute Gasteiger partial charge is 0.406 e. The molecule has 7 heteroatoms. The second-order valence-corrected chi connectivity index (χ2v) is 5.12. The zero-order valence-corrected chi connectivity index (χ0v) is 12.7. The Kier molecular flexibility index (Phi) is 4.01. The molecule has 1 aromatic heterocycles. The number of aryl methyl sites for hydroxylation is 1. The van der Waals surface area contributed by atoms with Gasteiger partial charge < -0.3 is 9.30 Å². The van der Waals surface area contributed by atoms with Crippen LogP contribution in [0.5, 0.6) is 5.75 Å². The predicted octanol–water partition coefficient (Wildman–Crippen LogP) is 3.98. The maximum absolute atomic E-state index is 12.4. The molecule has 124 valence electrons. The summed E-state index contributed by atoms with van der Waals surface area (Å²) in [6, 6.07) is 10.9. The Balaban J connectivity index is 2.10. The first kappa shape index (κ1) is 16.0. The van der Waals surface area contributed by atoms with Crippen LogP contribution in [0, 0.1) is 0 Å². The van der Waals surface area contributed by atoms with Gasteiger partial charge >= 0.3 is 6.36 Å². The first-order valence-corrected chi connectivity index (χ1v) is 7.23. The van der Waals surface area contributed by atoms with Crippen molar-refractivity contribution in [3.05, 3.63) is 59.0 Å². The van der Waals surface area contributed by atoms with E-state index in [4.69, 9.17) is 0 Å². The molecular weight excluding hydrogens is 321 g/mol. The molecule has 0 bridgehead atoms. The second kappa shape index (κ2) is 5.99. The summed E-state index contributed by atoms with van der Waals surface area (Å²) < 4.78 is 42.6. The maximum Gasteiger partial charge on any atom is 0.573 e. The van der Waals surface area contributed by atoms with Crippen LogP contribution in [0.1, 0.15) is 6.92 Å². The Bertz CT molecular complexity index is 948. The maximum atomic E-state index is 12.4. The minimum absolute atomic E-state index is 0.226. The molecule has 0 aliphatic rings. The molecular formula is C17H13F3N2O2. The van der Waals surface area contributed by atoms with Gasteiger partial charge in [-0.15, -0.1) is 13.2 Å². The molecule has 0 aliphatic heterocycles. The van der Waals surface area contributed by atoms with Gasteiger partial charge in [-0.1, -0.05) is 18.2 Å². The van der Waals surface area contributed by atoms with E-state index in [-0.39, 0.29) is 11.3 Å². The van der Waals surface area contributed by atoms with Crippen LogP contribution in [-0.4, -0.2) is 15.9 Å². The number of rotatable bonds is 3. The van der Waals surface area contributed by atoms with Gasteiger partial charge in [-0.05, 0) is 42.3 Å². The Morgan fingerprint density at radius 1 is 1.12 bits per heavy atom. The third-order valence-electron chi connectivity index (χ3n) is 3.56. The zero-order valence-electron chi connectivity index (χ0n) is 12.7. The molecule has 0 spiro atoms. The summed E-state index contributed by atoms with van der Waals surface area (Å²) in [6.07, 6.45) is -3.49. The average Bonchev–Trinajstić information content (AvgIpc) is 2.53. The largest absolute Gasteiger partial charge is 0.573 e. The molecule has 0 amide bonds. The number of fused-ring (bicyclic) bond motifs is 1. The number of benzene rings is 2. The highest BCUT2D eigenvalue weighted by Gasteiger charge is 2.31. The number of alkyl halides is 3. The predicted molar refractivity (Wildman–Crippen MR) is 83.8 cm³/mol. The Morgan fingerprint density at radius 2 is 1.88 bits per heavy atom. The van der Waals surface area contributed by atoms with E-state index in [1.807, 2.05) is 6.92 Å². The number of hydrogen-bond donors (Lipinski definition) is 0. The van der Waals surface area contributed by atoms with E-state index < -0.39 is 6.36 Å². The summed E-state index contributed by atoms with van der Waals surface area (Å²) >= 11 is 0. The van der Waals surface area contributed by atoms with Crippen molar-refractivity contribution >= 4 is 11.0 Å². The quantitative estimate of drug-likeness (QED) is 0.728. The fourth-order valence-corrected chi connectivity index (χ4v) is 2.54. The van der Waals surface area contributed by atoms with E-state index in [2.05, 4.69) is 9.72 Å². The summed E-state index contributed by atoms with van der Waals surface area (Å²) in [4.78, 5) is 16.0. The molecule has 24 heavy (non-hydrogen) atoms. The van der Waals surface area contributed by atoms with Gasteiger partial charge in [0.2, 0.25) is 0 Å². The van der Waals surface area contributed by atoms with Crippen LogP contribution in [0.25, 0.3) is 22.2 Å². The van der Waals surface area contributed by atoms with E-state index in [0.717, 1.165) is 0 Å². The van der Waals surface area contributed by atoms with Crippen LogP contribution in [0.3, 0.4) is 0 Å². The minimum atomic E-state index is -4.74. The molecule has 0 aliphatic carbocycles. The van der Waals surface area contributed by atoms with Crippen LogP contribution in [0.15, 0.2) is 53.5 Å². The minimum Gasteiger partial charge on any atom is -0.406 e. The van der Waals surface area contributed by atoms with Gasteiger partial charge in [0.25, 0.3) is 5.56 Å². The molecule has 0 unspecified atom stereocenters. The molecule has 0 fully saturated rings. The van der Waals surface area contributed by atoms with Gasteiger partial charge in [0.15, 0.2) is 0 Å². The lowest BCUT2D eigenvalue weighted by atomic mass is 10.0. The molecule has 4 nitrogen and oxygen atoms in total. The van der Waals surface area contributed by atoms with Gasteiger partial charge in [0.1, 0.15) is 5.75 Å². The third-order valence-corrected chi connectivity index (χ3v) is 3.56. The van der Waals surface area contributed by atoms with Gasteiger partial charge in [-0.2, -0.15) is 0 Å². The molecule has 0 atom stereocenters.